The summed E-state index contributed by atoms with van der Waals surface area (Å²) in [5.74, 6) is 0.617. The molecule has 1 saturated heterocycles. The minimum absolute atomic E-state index is 0.000180. The van der Waals surface area contributed by atoms with Crippen LogP contribution < -0.4 is 10.6 Å². The summed E-state index contributed by atoms with van der Waals surface area (Å²) in [4.78, 5) is 12.3. The molecule has 0 saturated carbocycles. The largest absolute Gasteiger partial charge is 0.459 e. The standard InChI is InChI=1S/C16H20N2O3/c1-10(15-7-11-5-3-4-6-14(11)21-15)18-16(19)12-8-20-9-13(12)17-2/h3-7,10,12-13,17H,8-9H2,1-2H3,(H,18,19). The molecule has 3 atom stereocenters. The van der Waals surface area contributed by atoms with Gasteiger partial charge >= 0.3 is 0 Å². The second-order valence-electron chi connectivity index (χ2n) is 5.46. The number of hydrogen-bond donors (Lipinski definition) is 2. The van der Waals surface area contributed by atoms with Crippen molar-refractivity contribution in [2.24, 2.45) is 5.92 Å². The Hall–Kier alpha value is -1.85. The first-order valence-corrected chi connectivity index (χ1v) is 7.23. The molecule has 0 bridgehead atoms. The van der Waals surface area contributed by atoms with Crippen LogP contribution in [-0.4, -0.2) is 32.2 Å². The number of carbonyl (C=O) groups excluding carboxylic acids is 1. The summed E-state index contributed by atoms with van der Waals surface area (Å²) in [7, 11) is 1.85. The summed E-state index contributed by atoms with van der Waals surface area (Å²) in [6.45, 7) is 2.97. The molecule has 2 N–H and O–H groups in total. The Bertz CT molecular complexity index is 604. The Morgan fingerprint density at radius 2 is 2.14 bits per heavy atom. The van der Waals surface area contributed by atoms with E-state index in [1.807, 2.05) is 44.3 Å². The molecule has 1 aliphatic rings. The van der Waals surface area contributed by atoms with Gasteiger partial charge in [-0.1, -0.05) is 18.2 Å². The second kappa shape index (κ2) is 5.87. The molecule has 0 radical (unpaired) electrons. The van der Waals surface area contributed by atoms with E-state index in [1.165, 1.54) is 0 Å². The van der Waals surface area contributed by atoms with Gasteiger partial charge in [0, 0.05) is 11.4 Å². The molecule has 1 aliphatic heterocycles. The summed E-state index contributed by atoms with van der Waals surface area (Å²) in [5.41, 5.74) is 0.839. The molecule has 0 aliphatic carbocycles. The van der Waals surface area contributed by atoms with E-state index >= 15 is 0 Å². The van der Waals surface area contributed by atoms with Gasteiger partial charge in [-0.05, 0) is 26.1 Å². The SMILES string of the molecule is CNC1COCC1C(=O)NC(C)c1cc2ccccc2o1. The molecule has 1 amide bonds. The van der Waals surface area contributed by atoms with E-state index in [1.54, 1.807) is 0 Å². The summed E-state index contributed by atoms with van der Waals surface area (Å²) in [6, 6.07) is 9.72. The lowest BCUT2D eigenvalue weighted by Crippen LogP contribution is -2.43. The van der Waals surface area contributed by atoms with Gasteiger partial charge in [0.25, 0.3) is 0 Å². The Morgan fingerprint density at radius 3 is 2.90 bits per heavy atom. The predicted octanol–water partition coefficient (Wildman–Crippen LogP) is 1.84. The van der Waals surface area contributed by atoms with Crippen molar-refractivity contribution in [1.82, 2.24) is 10.6 Å². The van der Waals surface area contributed by atoms with E-state index < -0.39 is 0 Å². The van der Waals surface area contributed by atoms with E-state index in [4.69, 9.17) is 9.15 Å². The van der Waals surface area contributed by atoms with Crippen molar-refractivity contribution >= 4 is 16.9 Å². The molecule has 1 aromatic heterocycles. The number of amides is 1. The molecule has 3 rings (SSSR count). The minimum atomic E-state index is -0.164. The Kier molecular flexibility index (Phi) is 3.94. The number of hydrogen-bond acceptors (Lipinski definition) is 4. The lowest BCUT2D eigenvalue weighted by atomic mass is 10.0. The fourth-order valence-electron chi connectivity index (χ4n) is 2.70. The van der Waals surface area contributed by atoms with Gasteiger partial charge in [0.05, 0.1) is 25.2 Å². The molecule has 1 fully saturated rings. The lowest BCUT2D eigenvalue weighted by Gasteiger charge is -2.19. The normalized spacial score (nSPS) is 23.3. The van der Waals surface area contributed by atoms with Gasteiger partial charge in [-0.25, -0.2) is 0 Å². The third-order valence-corrected chi connectivity index (χ3v) is 4.02. The van der Waals surface area contributed by atoms with E-state index in [2.05, 4.69) is 10.6 Å². The first-order valence-electron chi connectivity index (χ1n) is 7.23. The van der Waals surface area contributed by atoms with Gasteiger partial charge in [0.1, 0.15) is 11.3 Å². The molecular formula is C16H20N2O3. The summed E-state index contributed by atoms with van der Waals surface area (Å²) in [6.07, 6.45) is 0. The number of rotatable bonds is 4. The van der Waals surface area contributed by atoms with Gasteiger partial charge in [-0.15, -0.1) is 0 Å². The van der Waals surface area contributed by atoms with E-state index in [9.17, 15) is 4.79 Å². The number of para-hydroxylation sites is 1. The van der Waals surface area contributed by atoms with Crippen LogP contribution in [0.1, 0.15) is 18.7 Å². The fourth-order valence-corrected chi connectivity index (χ4v) is 2.70. The third-order valence-electron chi connectivity index (χ3n) is 4.02. The number of benzene rings is 1. The van der Waals surface area contributed by atoms with Gasteiger partial charge in [0.2, 0.25) is 5.91 Å². The van der Waals surface area contributed by atoms with Crippen molar-refractivity contribution in [3.63, 3.8) is 0 Å². The number of nitrogens with one attached hydrogen (secondary N) is 2. The topological polar surface area (TPSA) is 63.5 Å². The van der Waals surface area contributed by atoms with Crippen LogP contribution in [0.3, 0.4) is 0 Å². The highest BCUT2D eigenvalue weighted by atomic mass is 16.5. The highest BCUT2D eigenvalue weighted by Crippen LogP contribution is 2.24. The molecule has 2 aromatic rings. The Morgan fingerprint density at radius 1 is 1.33 bits per heavy atom. The van der Waals surface area contributed by atoms with Crippen LogP contribution in [0.5, 0.6) is 0 Å². The van der Waals surface area contributed by atoms with Crippen molar-refractivity contribution in [2.45, 2.75) is 19.0 Å². The first-order chi connectivity index (χ1) is 10.2. The second-order valence-corrected chi connectivity index (χ2v) is 5.46. The van der Waals surface area contributed by atoms with Crippen LogP contribution in [0.15, 0.2) is 34.7 Å². The maximum atomic E-state index is 12.3. The highest BCUT2D eigenvalue weighted by molar-refractivity contribution is 5.81. The molecule has 21 heavy (non-hydrogen) atoms. The monoisotopic (exact) mass is 288 g/mol. The minimum Gasteiger partial charge on any atom is -0.459 e. The van der Waals surface area contributed by atoms with Gasteiger partial charge in [-0.3, -0.25) is 4.79 Å². The average molecular weight is 288 g/mol. The third kappa shape index (κ3) is 2.80. The fraction of sp³-hybridized carbons (Fsp3) is 0.438. The number of furan rings is 1. The van der Waals surface area contributed by atoms with Crippen molar-refractivity contribution in [3.8, 4) is 0 Å². The summed E-state index contributed by atoms with van der Waals surface area (Å²) >= 11 is 0. The Labute approximate surface area is 123 Å². The van der Waals surface area contributed by atoms with Crippen molar-refractivity contribution in [1.29, 1.82) is 0 Å². The molecule has 5 nitrogen and oxygen atoms in total. The maximum Gasteiger partial charge on any atom is 0.227 e. The molecule has 5 heteroatoms. The van der Waals surface area contributed by atoms with E-state index in [0.29, 0.717) is 13.2 Å². The van der Waals surface area contributed by atoms with Crippen LogP contribution in [0.4, 0.5) is 0 Å². The highest BCUT2D eigenvalue weighted by Gasteiger charge is 2.33. The molecule has 0 spiro atoms. The molecule has 1 aromatic carbocycles. The van der Waals surface area contributed by atoms with Crippen molar-refractivity contribution < 1.29 is 13.9 Å². The van der Waals surface area contributed by atoms with E-state index in [-0.39, 0.29) is 23.9 Å². The first kappa shape index (κ1) is 14.1. The average Bonchev–Trinajstić information content (AvgIpc) is 3.13. The van der Waals surface area contributed by atoms with Crippen LogP contribution in [0.2, 0.25) is 0 Å². The Balaban J connectivity index is 1.70. The zero-order valence-corrected chi connectivity index (χ0v) is 12.3. The van der Waals surface area contributed by atoms with Crippen molar-refractivity contribution in [3.05, 3.63) is 36.1 Å². The number of carbonyl (C=O) groups is 1. The maximum absolute atomic E-state index is 12.3. The van der Waals surface area contributed by atoms with Crippen LogP contribution in [0, 0.1) is 5.92 Å². The predicted molar refractivity (Wildman–Crippen MR) is 79.9 cm³/mol. The number of ether oxygens (including phenoxy) is 1. The zero-order chi connectivity index (χ0) is 14.8. The van der Waals surface area contributed by atoms with Gasteiger partial charge < -0.3 is 19.8 Å². The quantitative estimate of drug-likeness (QED) is 0.901. The number of fused-ring (bicyclic) bond motifs is 1. The van der Waals surface area contributed by atoms with Crippen LogP contribution in [0.25, 0.3) is 11.0 Å². The smallest absolute Gasteiger partial charge is 0.227 e. The number of likely N-dealkylation sites (N-methyl/N-ethyl adjacent to an activating group) is 1. The van der Waals surface area contributed by atoms with Gasteiger partial charge in [-0.2, -0.15) is 0 Å². The van der Waals surface area contributed by atoms with Crippen LogP contribution >= 0.6 is 0 Å². The van der Waals surface area contributed by atoms with Crippen molar-refractivity contribution in [2.75, 3.05) is 20.3 Å². The molecule has 3 unspecified atom stereocenters. The van der Waals surface area contributed by atoms with Crippen LogP contribution in [-0.2, 0) is 9.53 Å². The molecular weight excluding hydrogens is 268 g/mol. The lowest BCUT2D eigenvalue weighted by molar-refractivity contribution is -0.126. The molecule has 112 valence electrons. The van der Waals surface area contributed by atoms with Gasteiger partial charge in [0.15, 0.2) is 0 Å². The van der Waals surface area contributed by atoms with E-state index in [0.717, 1.165) is 16.7 Å². The zero-order valence-electron chi connectivity index (χ0n) is 12.3. The summed E-state index contributed by atoms with van der Waals surface area (Å²) < 4.78 is 11.2. The summed E-state index contributed by atoms with van der Waals surface area (Å²) in [5, 5.41) is 7.18. The molecule has 2 heterocycles.